The molecule has 0 unspecified atom stereocenters. The number of aromatic nitrogens is 2. The van der Waals surface area contributed by atoms with Crippen molar-refractivity contribution in [2.45, 2.75) is 46.2 Å². The van der Waals surface area contributed by atoms with Crippen LogP contribution in [-0.4, -0.2) is 52.6 Å². The van der Waals surface area contributed by atoms with E-state index in [0.29, 0.717) is 17.8 Å². The van der Waals surface area contributed by atoms with Crippen LogP contribution in [0.1, 0.15) is 45.5 Å². The molecule has 1 aliphatic rings. The summed E-state index contributed by atoms with van der Waals surface area (Å²) in [6, 6.07) is 5.99. The predicted molar refractivity (Wildman–Crippen MR) is 115 cm³/mol. The van der Waals surface area contributed by atoms with Gasteiger partial charge in [0.05, 0.1) is 16.9 Å². The molecule has 0 radical (unpaired) electrons. The predicted octanol–water partition coefficient (Wildman–Crippen LogP) is 3.90. The largest absolute Gasteiger partial charge is 0.305 e. The van der Waals surface area contributed by atoms with E-state index in [2.05, 4.69) is 46.6 Å². The van der Waals surface area contributed by atoms with Gasteiger partial charge in [-0.15, -0.1) is 0 Å². The minimum atomic E-state index is 0.0693. The molecule has 0 N–H and O–H groups in total. The Balaban J connectivity index is 2.10. The van der Waals surface area contributed by atoms with E-state index in [1.54, 1.807) is 0 Å². The van der Waals surface area contributed by atoms with Crippen molar-refractivity contribution in [1.29, 1.82) is 0 Å². The molecular formula is C21H31BrN4O. The molecule has 1 aromatic heterocycles. The van der Waals surface area contributed by atoms with Crippen LogP contribution >= 0.6 is 15.9 Å². The quantitative estimate of drug-likeness (QED) is 0.715. The van der Waals surface area contributed by atoms with Crippen molar-refractivity contribution in [3.8, 4) is 0 Å². The summed E-state index contributed by atoms with van der Waals surface area (Å²) in [5, 5.41) is 0.689. The van der Waals surface area contributed by atoms with Gasteiger partial charge in [0.2, 0.25) is 0 Å². The highest BCUT2D eigenvalue weighted by Crippen LogP contribution is 2.28. The lowest BCUT2D eigenvalue weighted by Gasteiger charge is -2.32. The summed E-state index contributed by atoms with van der Waals surface area (Å²) >= 11 is 3.48. The van der Waals surface area contributed by atoms with E-state index < -0.39 is 0 Å². The fraction of sp³-hybridized carbons (Fsp3) is 0.619. The molecule has 6 heteroatoms. The van der Waals surface area contributed by atoms with Gasteiger partial charge in [-0.1, -0.05) is 36.2 Å². The number of likely N-dealkylation sites (N-methyl/N-ethyl adjacent to an activating group) is 1. The van der Waals surface area contributed by atoms with Crippen LogP contribution in [0.3, 0.4) is 0 Å². The Kier molecular flexibility index (Phi) is 6.71. The number of nitrogens with zero attached hydrogens (tertiary/aromatic N) is 4. The molecule has 2 heterocycles. The SMILES string of the molecule is CCC[C@@H](c1nc2ccc(Br)cc2c(=O)n1CC)N1CCN(C)C[C@H](C)C1. The van der Waals surface area contributed by atoms with Gasteiger partial charge >= 0.3 is 0 Å². The fourth-order valence-electron chi connectivity index (χ4n) is 4.27. The Morgan fingerprint density at radius 2 is 2.04 bits per heavy atom. The normalized spacial score (nSPS) is 20.7. The summed E-state index contributed by atoms with van der Waals surface area (Å²) in [6.45, 7) is 11.5. The maximum atomic E-state index is 13.2. The average molecular weight is 435 g/mol. The highest BCUT2D eigenvalue weighted by atomic mass is 79.9. The van der Waals surface area contributed by atoms with Crippen LogP contribution in [0.25, 0.3) is 10.9 Å². The third kappa shape index (κ3) is 4.44. The molecule has 1 aromatic carbocycles. The topological polar surface area (TPSA) is 41.4 Å². The van der Waals surface area contributed by atoms with Gasteiger partial charge in [-0.05, 0) is 44.5 Å². The molecule has 3 rings (SSSR count). The maximum absolute atomic E-state index is 13.2. The Bertz CT molecular complexity index is 850. The molecule has 0 aliphatic carbocycles. The summed E-state index contributed by atoms with van der Waals surface area (Å²) < 4.78 is 2.80. The standard InChI is InChI=1S/C21H31BrN4O/c1-5-7-19(25-11-10-24(4)13-15(3)14-25)20-23-18-9-8-16(22)12-17(18)21(27)26(20)6-2/h8-9,12,15,19H,5-7,10-11,13-14H2,1-4H3/t15-,19-/m0/s1. The van der Waals surface area contributed by atoms with Gasteiger partial charge in [0, 0.05) is 37.2 Å². The van der Waals surface area contributed by atoms with Crippen LogP contribution < -0.4 is 5.56 Å². The van der Waals surface area contributed by atoms with Crippen molar-refractivity contribution in [3.63, 3.8) is 0 Å². The molecule has 2 aromatic rings. The second-order valence-electron chi connectivity index (χ2n) is 7.85. The molecule has 27 heavy (non-hydrogen) atoms. The molecule has 0 bridgehead atoms. The fourth-order valence-corrected chi connectivity index (χ4v) is 4.63. The Morgan fingerprint density at radius 1 is 1.26 bits per heavy atom. The smallest absolute Gasteiger partial charge is 0.261 e. The summed E-state index contributed by atoms with van der Waals surface area (Å²) in [6.07, 6.45) is 2.09. The molecule has 1 fully saturated rings. The van der Waals surface area contributed by atoms with Crippen LogP contribution in [0.4, 0.5) is 0 Å². The zero-order valence-electron chi connectivity index (χ0n) is 16.9. The molecule has 5 nitrogen and oxygen atoms in total. The van der Waals surface area contributed by atoms with E-state index in [1.165, 1.54) is 0 Å². The third-order valence-corrected chi connectivity index (χ3v) is 5.99. The van der Waals surface area contributed by atoms with Crippen molar-refractivity contribution >= 4 is 26.8 Å². The first kappa shape index (κ1) is 20.5. The van der Waals surface area contributed by atoms with E-state index in [-0.39, 0.29) is 11.6 Å². The third-order valence-electron chi connectivity index (χ3n) is 5.50. The van der Waals surface area contributed by atoms with Crippen LogP contribution in [0.15, 0.2) is 27.5 Å². The second kappa shape index (κ2) is 8.84. The van der Waals surface area contributed by atoms with Gasteiger partial charge in [-0.25, -0.2) is 4.98 Å². The van der Waals surface area contributed by atoms with Gasteiger partial charge in [0.25, 0.3) is 5.56 Å². The van der Waals surface area contributed by atoms with Crippen molar-refractivity contribution in [1.82, 2.24) is 19.4 Å². The monoisotopic (exact) mass is 434 g/mol. The van der Waals surface area contributed by atoms with Gasteiger partial charge in [0.1, 0.15) is 5.82 Å². The van der Waals surface area contributed by atoms with E-state index >= 15 is 0 Å². The first-order valence-electron chi connectivity index (χ1n) is 10.1. The number of hydrogen-bond acceptors (Lipinski definition) is 4. The number of hydrogen-bond donors (Lipinski definition) is 0. The molecule has 148 valence electrons. The lowest BCUT2D eigenvalue weighted by molar-refractivity contribution is 0.167. The van der Waals surface area contributed by atoms with Gasteiger partial charge in [-0.3, -0.25) is 14.3 Å². The zero-order valence-corrected chi connectivity index (χ0v) is 18.5. The lowest BCUT2D eigenvalue weighted by Crippen LogP contribution is -2.38. The van der Waals surface area contributed by atoms with Crippen molar-refractivity contribution in [2.75, 3.05) is 33.2 Å². The number of fused-ring (bicyclic) bond motifs is 1. The van der Waals surface area contributed by atoms with Crippen molar-refractivity contribution in [3.05, 3.63) is 38.9 Å². The van der Waals surface area contributed by atoms with E-state index in [9.17, 15) is 4.79 Å². The number of rotatable bonds is 5. The lowest BCUT2D eigenvalue weighted by atomic mass is 10.1. The molecule has 1 saturated heterocycles. The van der Waals surface area contributed by atoms with Gasteiger partial charge in [0.15, 0.2) is 0 Å². The zero-order chi connectivity index (χ0) is 19.6. The first-order valence-corrected chi connectivity index (χ1v) is 10.9. The summed E-state index contributed by atoms with van der Waals surface area (Å²) in [7, 11) is 2.20. The summed E-state index contributed by atoms with van der Waals surface area (Å²) in [5.41, 5.74) is 0.865. The van der Waals surface area contributed by atoms with Gasteiger partial charge in [-0.2, -0.15) is 0 Å². The van der Waals surface area contributed by atoms with Gasteiger partial charge < -0.3 is 4.90 Å². The van der Waals surface area contributed by atoms with Crippen LogP contribution in [0.2, 0.25) is 0 Å². The molecule has 0 saturated carbocycles. The molecule has 1 aliphatic heterocycles. The maximum Gasteiger partial charge on any atom is 0.261 e. The van der Waals surface area contributed by atoms with E-state index in [0.717, 1.165) is 54.8 Å². The molecular weight excluding hydrogens is 404 g/mol. The van der Waals surface area contributed by atoms with Crippen molar-refractivity contribution < 1.29 is 0 Å². The van der Waals surface area contributed by atoms with E-state index in [4.69, 9.17) is 4.98 Å². The summed E-state index contributed by atoms with van der Waals surface area (Å²) in [5.74, 6) is 1.53. The first-order chi connectivity index (χ1) is 12.9. The highest BCUT2D eigenvalue weighted by Gasteiger charge is 2.28. The van der Waals surface area contributed by atoms with Crippen LogP contribution in [-0.2, 0) is 6.54 Å². The molecule has 0 amide bonds. The Morgan fingerprint density at radius 3 is 2.74 bits per heavy atom. The highest BCUT2D eigenvalue weighted by molar-refractivity contribution is 9.10. The van der Waals surface area contributed by atoms with Crippen LogP contribution in [0.5, 0.6) is 0 Å². The molecule has 0 spiro atoms. The number of halogens is 1. The Labute approximate surface area is 170 Å². The number of benzene rings is 1. The van der Waals surface area contributed by atoms with E-state index in [1.807, 2.05) is 29.7 Å². The second-order valence-corrected chi connectivity index (χ2v) is 8.76. The van der Waals surface area contributed by atoms with Crippen molar-refractivity contribution in [2.24, 2.45) is 5.92 Å². The summed E-state index contributed by atoms with van der Waals surface area (Å²) in [4.78, 5) is 23.1. The molecule has 2 atom stereocenters. The Hall–Kier alpha value is -1.24. The minimum Gasteiger partial charge on any atom is -0.305 e. The van der Waals surface area contributed by atoms with Crippen LogP contribution in [0, 0.1) is 5.92 Å². The average Bonchev–Trinajstić information content (AvgIpc) is 2.80. The minimum absolute atomic E-state index is 0.0693.